The SMILES string of the molecule is O=S(=O)(c1ccc(Cl)s1)N1CCn2ccnc2C1. The molecule has 3 rings (SSSR count). The summed E-state index contributed by atoms with van der Waals surface area (Å²) in [4.78, 5) is 4.15. The van der Waals surface area contributed by atoms with Crippen LogP contribution in [0.2, 0.25) is 4.34 Å². The number of aromatic nitrogens is 2. The molecule has 96 valence electrons. The van der Waals surface area contributed by atoms with E-state index in [1.165, 1.54) is 4.31 Å². The molecule has 0 unspecified atom stereocenters. The molecule has 0 saturated carbocycles. The minimum absolute atomic E-state index is 0.285. The van der Waals surface area contributed by atoms with E-state index in [-0.39, 0.29) is 4.21 Å². The van der Waals surface area contributed by atoms with E-state index < -0.39 is 10.0 Å². The summed E-state index contributed by atoms with van der Waals surface area (Å²) in [5, 5.41) is 0. The van der Waals surface area contributed by atoms with E-state index in [0.717, 1.165) is 17.2 Å². The fourth-order valence-corrected chi connectivity index (χ4v) is 4.94. The molecule has 0 aromatic carbocycles. The van der Waals surface area contributed by atoms with Gasteiger partial charge in [-0.05, 0) is 12.1 Å². The van der Waals surface area contributed by atoms with Gasteiger partial charge in [0.2, 0.25) is 0 Å². The van der Waals surface area contributed by atoms with Crippen LogP contribution in [0.25, 0.3) is 0 Å². The monoisotopic (exact) mass is 303 g/mol. The third kappa shape index (κ3) is 1.97. The van der Waals surface area contributed by atoms with E-state index in [2.05, 4.69) is 4.98 Å². The Bertz CT molecular complexity index is 677. The van der Waals surface area contributed by atoms with Crippen LogP contribution in [0.4, 0.5) is 0 Å². The molecule has 0 radical (unpaired) electrons. The second-order valence-electron chi connectivity index (χ2n) is 3.93. The molecular formula is C10H10ClN3O2S2. The Hall–Kier alpha value is -0.890. The first-order chi connectivity index (χ1) is 8.57. The lowest BCUT2D eigenvalue weighted by molar-refractivity contribution is 0.336. The molecule has 0 atom stereocenters. The van der Waals surface area contributed by atoms with Gasteiger partial charge in [0.15, 0.2) is 0 Å². The first kappa shape index (κ1) is 12.2. The van der Waals surface area contributed by atoms with Crippen molar-refractivity contribution in [3.8, 4) is 0 Å². The van der Waals surface area contributed by atoms with Crippen molar-refractivity contribution in [2.45, 2.75) is 17.3 Å². The Morgan fingerprint density at radius 3 is 2.89 bits per heavy atom. The maximum atomic E-state index is 12.4. The van der Waals surface area contributed by atoms with Crippen molar-refractivity contribution in [1.29, 1.82) is 0 Å². The third-order valence-corrected chi connectivity index (χ3v) is 6.40. The van der Waals surface area contributed by atoms with Gasteiger partial charge < -0.3 is 4.57 Å². The normalized spacial score (nSPS) is 16.7. The Morgan fingerprint density at radius 1 is 1.33 bits per heavy atom. The number of thiophene rings is 1. The smallest absolute Gasteiger partial charge is 0.253 e. The largest absolute Gasteiger partial charge is 0.333 e. The second-order valence-corrected chi connectivity index (χ2v) is 7.81. The summed E-state index contributed by atoms with van der Waals surface area (Å²) >= 11 is 6.87. The van der Waals surface area contributed by atoms with Gasteiger partial charge in [-0.2, -0.15) is 4.31 Å². The van der Waals surface area contributed by atoms with Gasteiger partial charge in [0.25, 0.3) is 10.0 Å². The summed E-state index contributed by atoms with van der Waals surface area (Å²) in [6.07, 6.45) is 3.55. The number of fused-ring (bicyclic) bond motifs is 1. The molecule has 0 saturated heterocycles. The Balaban J connectivity index is 1.92. The van der Waals surface area contributed by atoms with Crippen LogP contribution < -0.4 is 0 Å². The predicted molar refractivity (Wildman–Crippen MR) is 69.2 cm³/mol. The number of sulfonamides is 1. The van der Waals surface area contributed by atoms with E-state index >= 15 is 0 Å². The van der Waals surface area contributed by atoms with E-state index in [0.29, 0.717) is 24.0 Å². The van der Waals surface area contributed by atoms with Crippen molar-refractivity contribution < 1.29 is 8.42 Å². The number of halogens is 1. The van der Waals surface area contributed by atoms with E-state index in [9.17, 15) is 8.42 Å². The molecule has 8 heteroatoms. The maximum Gasteiger partial charge on any atom is 0.253 e. The molecule has 0 aliphatic carbocycles. The fourth-order valence-electron chi connectivity index (χ4n) is 1.92. The topological polar surface area (TPSA) is 55.2 Å². The summed E-state index contributed by atoms with van der Waals surface area (Å²) in [5.41, 5.74) is 0. The van der Waals surface area contributed by atoms with Gasteiger partial charge in [0, 0.05) is 25.5 Å². The summed E-state index contributed by atoms with van der Waals surface area (Å²) in [7, 11) is -3.45. The highest BCUT2D eigenvalue weighted by atomic mass is 35.5. The van der Waals surface area contributed by atoms with Crippen molar-refractivity contribution in [1.82, 2.24) is 13.9 Å². The average molecular weight is 304 g/mol. The van der Waals surface area contributed by atoms with Crippen molar-refractivity contribution >= 4 is 33.0 Å². The van der Waals surface area contributed by atoms with E-state index in [1.54, 1.807) is 18.3 Å². The second kappa shape index (κ2) is 4.34. The summed E-state index contributed by atoms with van der Waals surface area (Å²) in [6.45, 7) is 1.40. The van der Waals surface area contributed by atoms with Crippen LogP contribution in [0.5, 0.6) is 0 Å². The zero-order chi connectivity index (χ0) is 12.8. The van der Waals surface area contributed by atoms with Crippen LogP contribution in [-0.4, -0.2) is 28.8 Å². The summed E-state index contributed by atoms with van der Waals surface area (Å²) in [5.74, 6) is 0.771. The third-order valence-electron chi connectivity index (χ3n) is 2.85. The highest BCUT2D eigenvalue weighted by Crippen LogP contribution is 2.29. The summed E-state index contributed by atoms with van der Waals surface area (Å²) < 4.78 is 28.9. The van der Waals surface area contributed by atoms with Crippen LogP contribution >= 0.6 is 22.9 Å². The first-order valence-electron chi connectivity index (χ1n) is 5.33. The zero-order valence-electron chi connectivity index (χ0n) is 9.28. The molecule has 0 fully saturated rings. The van der Waals surface area contributed by atoms with Crippen LogP contribution in [0, 0.1) is 0 Å². The maximum absolute atomic E-state index is 12.4. The lowest BCUT2D eigenvalue weighted by Crippen LogP contribution is -2.37. The van der Waals surface area contributed by atoms with Gasteiger partial charge in [0.05, 0.1) is 10.9 Å². The molecule has 3 heterocycles. The lowest BCUT2D eigenvalue weighted by atomic mass is 10.4. The van der Waals surface area contributed by atoms with Gasteiger partial charge >= 0.3 is 0 Å². The molecular weight excluding hydrogens is 294 g/mol. The minimum atomic E-state index is -3.45. The zero-order valence-corrected chi connectivity index (χ0v) is 11.7. The van der Waals surface area contributed by atoms with E-state index in [4.69, 9.17) is 11.6 Å². The molecule has 5 nitrogen and oxygen atoms in total. The number of imidazole rings is 1. The molecule has 0 spiro atoms. The molecule has 1 aliphatic heterocycles. The van der Waals surface area contributed by atoms with Crippen molar-refractivity contribution in [2.75, 3.05) is 6.54 Å². The number of rotatable bonds is 2. The van der Waals surface area contributed by atoms with Gasteiger partial charge in [-0.1, -0.05) is 11.6 Å². The molecule has 2 aromatic rings. The van der Waals surface area contributed by atoms with Crippen molar-refractivity contribution in [3.63, 3.8) is 0 Å². The average Bonchev–Trinajstić information content (AvgIpc) is 2.96. The highest BCUT2D eigenvalue weighted by Gasteiger charge is 2.29. The van der Waals surface area contributed by atoms with Crippen molar-refractivity contribution in [2.24, 2.45) is 0 Å². The molecule has 0 bridgehead atoms. The van der Waals surface area contributed by atoms with Gasteiger partial charge in [-0.3, -0.25) is 0 Å². The molecule has 0 N–H and O–H groups in total. The Labute approximate surface area is 114 Å². The minimum Gasteiger partial charge on any atom is -0.333 e. The molecule has 2 aromatic heterocycles. The van der Waals surface area contributed by atoms with E-state index in [1.807, 2.05) is 10.8 Å². The molecule has 0 amide bonds. The number of hydrogen-bond acceptors (Lipinski definition) is 4. The van der Waals surface area contributed by atoms with Crippen LogP contribution in [0.3, 0.4) is 0 Å². The van der Waals surface area contributed by atoms with Crippen LogP contribution in [0.15, 0.2) is 28.7 Å². The predicted octanol–water partition coefficient (Wildman–Crippen LogP) is 1.80. The Kier molecular flexibility index (Phi) is 2.93. The lowest BCUT2D eigenvalue weighted by Gasteiger charge is -2.26. The van der Waals surface area contributed by atoms with Gasteiger partial charge in [-0.15, -0.1) is 11.3 Å². The van der Waals surface area contributed by atoms with Crippen LogP contribution in [-0.2, 0) is 23.1 Å². The van der Waals surface area contributed by atoms with Crippen molar-refractivity contribution in [3.05, 3.63) is 34.7 Å². The molecule has 1 aliphatic rings. The summed E-state index contributed by atoms with van der Waals surface area (Å²) in [6, 6.07) is 3.15. The first-order valence-corrected chi connectivity index (χ1v) is 7.96. The Morgan fingerprint density at radius 2 is 2.17 bits per heavy atom. The fraction of sp³-hybridized carbons (Fsp3) is 0.300. The van der Waals surface area contributed by atoms with Gasteiger partial charge in [-0.25, -0.2) is 13.4 Å². The highest BCUT2D eigenvalue weighted by molar-refractivity contribution is 7.91. The van der Waals surface area contributed by atoms with Crippen LogP contribution in [0.1, 0.15) is 5.82 Å². The number of hydrogen-bond donors (Lipinski definition) is 0. The standard InChI is InChI=1S/C10H10ClN3O2S2/c11-8-1-2-10(17-8)18(15,16)14-6-5-13-4-3-12-9(13)7-14/h1-4H,5-7H2. The number of nitrogens with zero attached hydrogens (tertiary/aromatic N) is 3. The quantitative estimate of drug-likeness (QED) is 0.850. The molecule has 18 heavy (non-hydrogen) atoms. The van der Waals surface area contributed by atoms with Gasteiger partial charge in [0.1, 0.15) is 10.0 Å².